The summed E-state index contributed by atoms with van der Waals surface area (Å²) in [4.78, 5) is 10.8. The van der Waals surface area contributed by atoms with E-state index in [0.717, 1.165) is 88.4 Å². The highest BCUT2D eigenvalue weighted by atomic mass is 16.3. The predicted molar refractivity (Wildman–Crippen MR) is 236 cm³/mol. The molecule has 11 aromatic rings. The number of nitriles is 1. The average Bonchev–Trinajstić information content (AvgIpc) is 3.85. The molecule has 0 radical (unpaired) electrons. The Morgan fingerprint density at radius 1 is 0.448 bits per heavy atom. The van der Waals surface area contributed by atoms with Crippen LogP contribution in [-0.4, -0.2) is 14.5 Å². The minimum Gasteiger partial charge on any atom is -0.454 e. The number of nitrogens with zero attached hydrogens (tertiary/aromatic N) is 4. The van der Waals surface area contributed by atoms with Crippen LogP contribution in [0.4, 0.5) is 0 Å². The van der Waals surface area contributed by atoms with Crippen molar-refractivity contribution in [3.8, 4) is 67.9 Å². The van der Waals surface area contributed by atoms with E-state index in [1.807, 2.05) is 84.9 Å². The summed E-state index contributed by atoms with van der Waals surface area (Å²) in [6.07, 6.45) is 0. The molecule has 0 bridgehead atoms. The number of hydrogen-bond donors (Lipinski definition) is 0. The number of benzene rings is 8. The molecule has 0 fully saturated rings. The van der Waals surface area contributed by atoms with Crippen molar-refractivity contribution in [1.29, 1.82) is 5.26 Å². The van der Waals surface area contributed by atoms with E-state index < -0.39 is 0 Å². The summed E-state index contributed by atoms with van der Waals surface area (Å²) in [5, 5.41) is 15.2. The first kappa shape index (κ1) is 33.3. The molecular formula is C53H32N4O. The minimum absolute atomic E-state index is 0.425. The van der Waals surface area contributed by atoms with Crippen molar-refractivity contribution in [1.82, 2.24) is 14.5 Å². The maximum absolute atomic E-state index is 10.8. The first-order valence-corrected chi connectivity index (χ1v) is 19.3. The molecule has 5 nitrogen and oxygen atoms in total. The van der Waals surface area contributed by atoms with Crippen LogP contribution >= 0.6 is 0 Å². The van der Waals surface area contributed by atoms with Crippen LogP contribution in [-0.2, 0) is 0 Å². The van der Waals surface area contributed by atoms with Gasteiger partial charge in [-0.3, -0.25) is 0 Å². The summed E-state index contributed by atoms with van der Waals surface area (Å²) in [7, 11) is 0. The van der Waals surface area contributed by atoms with E-state index in [4.69, 9.17) is 14.4 Å². The van der Waals surface area contributed by atoms with Crippen molar-refractivity contribution in [2.75, 3.05) is 0 Å². The van der Waals surface area contributed by atoms with Crippen LogP contribution in [0, 0.1) is 11.3 Å². The fourth-order valence-corrected chi connectivity index (χ4v) is 8.53. The molecule has 3 aromatic heterocycles. The van der Waals surface area contributed by atoms with Crippen LogP contribution in [0.25, 0.3) is 106 Å². The van der Waals surface area contributed by atoms with Crippen molar-refractivity contribution in [2.45, 2.75) is 0 Å². The van der Waals surface area contributed by atoms with E-state index in [1.54, 1.807) is 0 Å². The van der Waals surface area contributed by atoms with Crippen molar-refractivity contribution in [2.24, 2.45) is 0 Å². The molecule has 0 unspecified atom stereocenters. The summed E-state index contributed by atoms with van der Waals surface area (Å²) in [5.74, 6) is 0.519. The van der Waals surface area contributed by atoms with Crippen molar-refractivity contribution < 1.29 is 4.42 Å². The molecule has 0 aliphatic rings. The number of furan rings is 1. The summed E-state index contributed by atoms with van der Waals surface area (Å²) >= 11 is 0. The molecule has 0 atom stereocenters. The first-order chi connectivity index (χ1) is 28.8. The number of aromatic nitrogens is 3. The summed E-state index contributed by atoms with van der Waals surface area (Å²) in [6.45, 7) is 0. The lowest BCUT2D eigenvalue weighted by Crippen LogP contribution is -2.05. The van der Waals surface area contributed by atoms with Crippen molar-refractivity contribution >= 4 is 43.7 Å². The largest absolute Gasteiger partial charge is 0.454 e. The zero-order chi connectivity index (χ0) is 38.6. The second-order valence-electron chi connectivity index (χ2n) is 14.4. The minimum atomic E-state index is 0.425. The van der Waals surface area contributed by atoms with Gasteiger partial charge in [0, 0.05) is 43.8 Å². The normalized spacial score (nSPS) is 11.4. The highest BCUT2D eigenvalue weighted by molar-refractivity contribution is 6.22. The fourth-order valence-electron chi connectivity index (χ4n) is 8.53. The standard InChI is InChI=1S/C53H32N4O/c54-33-43-49(36-21-9-3-10-22-36)55-53(56-50(43)37-23-11-4-12-24-37)48-38(34-17-5-1-6-18-34)31-32-45(47(48)35-19-7-2-8-20-35)57-44-27-15-13-25-39(44)41-29-30-42-40-26-14-16-28-46(40)58-52(42)51(41)57/h1-32H. The Hall–Kier alpha value is -8.07. The Bertz CT molecular complexity index is 3320. The second kappa shape index (κ2) is 13.6. The van der Waals surface area contributed by atoms with E-state index in [-0.39, 0.29) is 0 Å². The number of rotatable bonds is 6. The van der Waals surface area contributed by atoms with Crippen LogP contribution in [0.15, 0.2) is 199 Å². The summed E-state index contributed by atoms with van der Waals surface area (Å²) in [5.41, 5.74) is 12.8. The maximum Gasteiger partial charge on any atom is 0.161 e. The third-order valence-electron chi connectivity index (χ3n) is 11.1. The van der Waals surface area contributed by atoms with Gasteiger partial charge in [0.1, 0.15) is 17.2 Å². The van der Waals surface area contributed by atoms with Crippen LogP contribution in [0.1, 0.15) is 5.56 Å². The van der Waals surface area contributed by atoms with Gasteiger partial charge >= 0.3 is 0 Å². The molecule has 0 aliphatic carbocycles. The Morgan fingerprint density at radius 2 is 0.983 bits per heavy atom. The zero-order valence-corrected chi connectivity index (χ0v) is 31.2. The Morgan fingerprint density at radius 3 is 1.62 bits per heavy atom. The Kier molecular flexibility index (Phi) is 7.80. The van der Waals surface area contributed by atoms with E-state index >= 15 is 0 Å². The summed E-state index contributed by atoms with van der Waals surface area (Å²) in [6, 6.07) is 68.9. The SMILES string of the molecule is N#Cc1c(-c2ccccc2)nc(-c2c(-c3ccccc3)ccc(-n3c4ccccc4c4ccc5c6ccccc6oc5c43)c2-c2ccccc2)nc1-c1ccccc1. The topological polar surface area (TPSA) is 67.6 Å². The molecule has 11 rings (SSSR count). The van der Waals surface area contributed by atoms with E-state index in [2.05, 4.69) is 120 Å². The van der Waals surface area contributed by atoms with E-state index in [0.29, 0.717) is 22.8 Å². The quantitative estimate of drug-likeness (QED) is 0.170. The zero-order valence-electron chi connectivity index (χ0n) is 31.2. The van der Waals surface area contributed by atoms with Gasteiger partial charge < -0.3 is 8.98 Å². The third kappa shape index (κ3) is 5.24. The molecule has 5 heteroatoms. The number of hydrogen-bond acceptors (Lipinski definition) is 4. The molecule has 8 aromatic carbocycles. The molecule has 0 spiro atoms. The lowest BCUT2D eigenvalue weighted by Gasteiger charge is -2.22. The van der Waals surface area contributed by atoms with Gasteiger partial charge in [0.25, 0.3) is 0 Å². The van der Waals surface area contributed by atoms with Gasteiger partial charge in [0.15, 0.2) is 11.4 Å². The average molecular weight is 741 g/mol. The second-order valence-corrected chi connectivity index (χ2v) is 14.4. The van der Waals surface area contributed by atoms with Gasteiger partial charge in [-0.15, -0.1) is 0 Å². The molecule has 0 saturated heterocycles. The van der Waals surface area contributed by atoms with Crippen LogP contribution in [0.5, 0.6) is 0 Å². The Labute approximate surface area is 334 Å². The predicted octanol–water partition coefficient (Wildman–Crippen LogP) is 13.7. The Balaban J connectivity index is 1.34. The summed E-state index contributed by atoms with van der Waals surface area (Å²) < 4.78 is 9.15. The first-order valence-electron chi connectivity index (χ1n) is 19.3. The fraction of sp³-hybridized carbons (Fsp3) is 0. The van der Waals surface area contributed by atoms with Gasteiger partial charge in [0.05, 0.1) is 28.1 Å². The number of para-hydroxylation sites is 2. The van der Waals surface area contributed by atoms with E-state index in [1.165, 1.54) is 0 Å². The molecule has 0 N–H and O–H groups in total. The highest BCUT2D eigenvalue weighted by Crippen LogP contribution is 2.47. The monoisotopic (exact) mass is 740 g/mol. The van der Waals surface area contributed by atoms with Crippen molar-refractivity contribution in [3.63, 3.8) is 0 Å². The molecule has 0 amide bonds. The third-order valence-corrected chi connectivity index (χ3v) is 11.1. The molecule has 270 valence electrons. The van der Waals surface area contributed by atoms with E-state index in [9.17, 15) is 5.26 Å². The molecular weight excluding hydrogens is 709 g/mol. The lowest BCUT2D eigenvalue weighted by atomic mass is 9.89. The molecule has 0 saturated carbocycles. The lowest BCUT2D eigenvalue weighted by molar-refractivity contribution is 0.671. The van der Waals surface area contributed by atoms with Gasteiger partial charge in [0.2, 0.25) is 0 Å². The smallest absolute Gasteiger partial charge is 0.161 e. The van der Waals surface area contributed by atoms with Gasteiger partial charge in [-0.1, -0.05) is 170 Å². The van der Waals surface area contributed by atoms with Gasteiger partial charge in [-0.25, -0.2) is 9.97 Å². The van der Waals surface area contributed by atoms with Crippen LogP contribution in [0.3, 0.4) is 0 Å². The molecule has 3 heterocycles. The highest BCUT2D eigenvalue weighted by Gasteiger charge is 2.27. The van der Waals surface area contributed by atoms with Gasteiger partial charge in [-0.2, -0.15) is 5.26 Å². The number of fused-ring (bicyclic) bond motifs is 7. The molecule has 58 heavy (non-hydrogen) atoms. The van der Waals surface area contributed by atoms with Crippen LogP contribution in [0.2, 0.25) is 0 Å². The molecule has 0 aliphatic heterocycles. The van der Waals surface area contributed by atoms with Gasteiger partial charge in [-0.05, 0) is 41.0 Å². The maximum atomic E-state index is 10.8. The van der Waals surface area contributed by atoms with Crippen LogP contribution < -0.4 is 0 Å². The van der Waals surface area contributed by atoms with Crippen molar-refractivity contribution in [3.05, 3.63) is 200 Å².